The number of likely N-dealkylation sites (tertiary alicyclic amines) is 1. The third-order valence-electron chi connectivity index (χ3n) is 5.70. The van der Waals surface area contributed by atoms with Crippen LogP contribution in [0.15, 0.2) is 59.6 Å². The van der Waals surface area contributed by atoms with Gasteiger partial charge in [0.1, 0.15) is 11.3 Å². The normalized spacial score (nSPS) is 16.8. The first kappa shape index (κ1) is 22.8. The molecular formula is C25H33N3O3. The van der Waals surface area contributed by atoms with E-state index in [1.807, 2.05) is 30.4 Å². The molecule has 6 heteroatoms. The van der Waals surface area contributed by atoms with Gasteiger partial charge in [-0.15, -0.1) is 6.58 Å². The number of amides is 1. The number of allylic oxidation sites excluding steroid dienone is 6. The number of carbonyl (C=O) groups excluding carboxylic acids is 1. The van der Waals surface area contributed by atoms with Crippen LogP contribution in [0.3, 0.4) is 0 Å². The molecule has 2 heterocycles. The molecule has 1 amide bonds. The van der Waals surface area contributed by atoms with Crippen LogP contribution in [-0.4, -0.2) is 48.7 Å². The Bertz CT molecular complexity index is 934. The first-order valence-electron chi connectivity index (χ1n) is 11.1. The van der Waals surface area contributed by atoms with Crippen molar-refractivity contribution in [1.82, 2.24) is 14.8 Å². The standard InChI is InChI=1S/C25H33N3O3/c1-3-15-28-23(20-10-5-6-11-21(19-20)31-2)13-12-22(25(28)30)24(29)26-14-9-18-27-16-7-4-8-17-27/h3,6,10-13,19H,1,4-5,7-9,14-18H2,2H3,(H,26,29). The van der Waals surface area contributed by atoms with Crippen molar-refractivity contribution >= 4 is 11.5 Å². The zero-order chi connectivity index (χ0) is 22.1. The third kappa shape index (κ3) is 6.07. The average molecular weight is 424 g/mol. The summed E-state index contributed by atoms with van der Waals surface area (Å²) in [6, 6.07) is 3.45. The molecule has 3 rings (SSSR count). The number of pyridine rings is 1. The highest BCUT2D eigenvalue weighted by atomic mass is 16.5. The van der Waals surface area contributed by atoms with Gasteiger partial charge in [-0.3, -0.25) is 9.59 Å². The fourth-order valence-electron chi connectivity index (χ4n) is 4.04. The predicted octanol–water partition coefficient (Wildman–Crippen LogP) is 3.51. The zero-order valence-corrected chi connectivity index (χ0v) is 18.4. The summed E-state index contributed by atoms with van der Waals surface area (Å²) in [4.78, 5) is 28.3. The van der Waals surface area contributed by atoms with E-state index in [4.69, 9.17) is 4.74 Å². The maximum atomic E-state index is 13.1. The Morgan fingerprint density at radius 3 is 2.81 bits per heavy atom. The van der Waals surface area contributed by atoms with Crippen LogP contribution >= 0.6 is 0 Å². The lowest BCUT2D eigenvalue weighted by atomic mass is 10.1. The van der Waals surface area contributed by atoms with E-state index in [9.17, 15) is 9.59 Å². The number of nitrogens with one attached hydrogen (secondary N) is 1. The number of hydrogen-bond donors (Lipinski definition) is 1. The minimum atomic E-state index is -0.322. The van der Waals surface area contributed by atoms with Gasteiger partial charge in [0.15, 0.2) is 0 Å². The van der Waals surface area contributed by atoms with Crippen LogP contribution < -0.4 is 10.9 Å². The van der Waals surface area contributed by atoms with Gasteiger partial charge < -0.3 is 19.5 Å². The maximum absolute atomic E-state index is 13.1. The van der Waals surface area contributed by atoms with Crippen molar-refractivity contribution in [3.8, 4) is 0 Å². The number of piperidine rings is 1. The molecule has 0 aromatic carbocycles. The van der Waals surface area contributed by atoms with E-state index in [1.54, 1.807) is 23.8 Å². The Morgan fingerprint density at radius 1 is 1.26 bits per heavy atom. The molecule has 0 radical (unpaired) electrons. The largest absolute Gasteiger partial charge is 0.497 e. The third-order valence-corrected chi connectivity index (χ3v) is 5.70. The van der Waals surface area contributed by atoms with Gasteiger partial charge in [-0.2, -0.15) is 0 Å². The van der Waals surface area contributed by atoms with E-state index in [2.05, 4.69) is 16.8 Å². The number of aromatic nitrogens is 1. The van der Waals surface area contributed by atoms with E-state index in [0.717, 1.165) is 49.5 Å². The van der Waals surface area contributed by atoms with Gasteiger partial charge in [0.25, 0.3) is 11.5 Å². The number of rotatable bonds is 9. The second-order valence-electron chi connectivity index (χ2n) is 7.90. The maximum Gasteiger partial charge on any atom is 0.264 e. The smallest absolute Gasteiger partial charge is 0.264 e. The molecule has 0 bridgehead atoms. The number of ether oxygens (including phenoxy) is 1. The van der Waals surface area contributed by atoms with Gasteiger partial charge in [0.05, 0.1) is 12.8 Å². The summed E-state index contributed by atoms with van der Waals surface area (Å²) in [5, 5.41) is 2.91. The highest BCUT2D eigenvalue weighted by Gasteiger charge is 2.17. The lowest BCUT2D eigenvalue weighted by Gasteiger charge is -2.26. The van der Waals surface area contributed by atoms with Gasteiger partial charge in [-0.05, 0) is 75.2 Å². The molecule has 1 aromatic rings. The van der Waals surface area contributed by atoms with Gasteiger partial charge in [-0.1, -0.05) is 24.6 Å². The summed E-state index contributed by atoms with van der Waals surface area (Å²) in [5.41, 5.74) is 1.47. The molecule has 0 unspecified atom stereocenters. The van der Waals surface area contributed by atoms with Crippen molar-refractivity contribution in [2.75, 3.05) is 33.3 Å². The summed E-state index contributed by atoms with van der Waals surface area (Å²) in [5.74, 6) is 0.398. The zero-order valence-electron chi connectivity index (χ0n) is 18.4. The SMILES string of the molecule is C=CCn1c(C2=CCC=CC(OC)=C2)ccc(C(=O)NCCCN2CCCCC2)c1=O. The topological polar surface area (TPSA) is 63.6 Å². The highest BCUT2D eigenvalue weighted by molar-refractivity contribution is 5.94. The molecule has 166 valence electrons. The fraction of sp³-hybridized carbons (Fsp3) is 0.440. The molecule has 1 saturated heterocycles. The van der Waals surface area contributed by atoms with E-state index in [-0.39, 0.29) is 17.0 Å². The summed E-state index contributed by atoms with van der Waals surface area (Å²) in [6.45, 7) is 7.94. The number of nitrogens with zero attached hydrogens (tertiary/aromatic N) is 2. The van der Waals surface area contributed by atoms with Crippen LogP contribution in [0.5, 0.6) is 0 Å². The molecule has 6 nitrogen and oxygen atoms in total. The summed E-state index contributed by atoms with van der Waals surface area (Å²) < 4.78 is 6.97. The van der Waals surface area contributed by atoms with Crippen LogP contribution in [-0.2, 0) is 11.3 Å². The summed E-state index contributed by atoms with van der Waals surface area (Å²) >= 11 is 0. The van der Waals surface area contributed by atoms with E-state index in [1.165, 1.54) is 19.3 Å². The molecule has 31 heavy (non-hydrogen) atoms. The van der Waals surface area contributed by atoms with Crippen LogP contribution in [0.25, 0.3) is 5.57 Å². The van der Waals surface area contributed by atoms with Crippen LogP contribution in [0.1, 0.15) is 48.2 Å². The number of carbonyl (C=O) groups is 1. The molecule has 0 spiro atoms. The molecule has 1 aliphatic heterocycles. The van der Waals surface area contributed by atoms with Gasteiger partial charge >= 0.3 is 0 Å². The van der Waals surface area contributed by atoms with Gasteiger partial charge in [0, 0.05) is 13.1 Å². The molecule has 1 N–H and O–H groups in total. The molecule has 1 aromatic heterocycles. The first-order chi connectivity index (χ1) is 15.1. The van der Waals surface area contributed by atoms with Crippen molar-refractivity contribution in [1.29, 1.82) is 0 Å². The van der Waals surface area contributed by atoms with E-state index >= 15 is 0 Å². The fourth-order valence-corrected chi connectivity index (χ4v) is 4.04. The Balaban J connectivity index is 1.72. The van der Waals surface area contributed by atoms with Crippen molar-refractivity contribution in [2.24, 2.45) is 0 Å². The average Bonchev–Trinajstić information content (AvgIpc) is 3.04. The Morgan fingerprint density at radius 2 is 2.06 bits per heavy atom. The summed E-state index contributed by atoms with van der Waals surface area (Å²) in [6.07, 6.45) is 15.0. The van der Waals surface area contributed by atoms with Crippen molar-refractivity contribution in [2.45, 2.75) is 38.6 Å². The van der Waals surface area contributed by atoms with Gasteiger partial charge in [0.2, 0.25) is 0 Å². The molecule has 0 atom stereocenters. The van der Waals surface area contributed by atoms with Crippen LogP contribution in [0, 0.1) is 0 Å². The second kappa shape index (κ2) is 11.5. The number of methoxy groups -OCH3 is 1. The monoisotopic (exact) mass is 423 g/mol. The van der Waals surface area contributed by atoms with E-state index in [0.29, 0.717) is 13.1 Å². The quantitative estimate of drug-likeness (QED) is 0.488. The molecule has 2 aliphatic rings. The molecule has 0 saturated carbocycles. The molecule has 1 aliphatic carbocycles. The van der Waals surface area contributed by atoms with E-state index < -0.39 is 0 Å². The number of hydrogen-bond acceptors (Lipinski definition) is 4. The second-order valence-corrected chi connectivity index (χ2v) is 7.90. The lowest BCUT2D eigenvalue weighted by Crippen LogP contribution is -2.36. The van der Waals surface area contributed by atoms with Gasteiger partial charge in [-0.25, -0.2) is 0 Å². The van der Waals surface area contributed by atoms with Crippen molar-refractivity contribution < 1.29 is 9.53 Å². The van der Waals surface area contributed by atoms with Crippen molar-refractivity contribution in [3.05, 3.63) is 76.5 Å². The van der Waals surface area contributed by atoms with Crippen molar-refractivity contribution in [3.63, 3.8) is 0 Å². The Kier molecular flexibility index (Phi) is 8.47. The Labute approximate surface area is 184 Å². The lowest BCUT2D eigenvalue weighted by molar-refractivity contribution is 0.0949. The predicted molar refractivity (Wildman–Crippen MR) is 125 cm³/mol. The minimum absolute atomic E-state index is 0.159. The minimum Gasteiger partial charge on any atom is -0.497 e. The first-order valence-corrected chi connectivity index (χ1v) is 11.1. The van der Waals surface area contributed by atoms with Crippen LogP contribution in [0.4, 0.5) is 0 Å². The molecular weight excluding hydrogens is 390 g/mol. The highest BCUT2D eigenvalue weighted by Crippen LogP contribution is 2.21. The van der Waals surface area contributed by atoms with Crippen LogP contribution in [0.2, 0.25) is 0 Å². The summed E-state index contributed by atoms with van der Waals surface area (Å²) in [7, 11) is 1.62. The molecule has 1 fully saturated rings. The Hall–Kier alpha value is -2.86.